The number of piperidine rings is 1. The van der Waals surface area contributed by atoms with Gasteiger partial charge in [-0.1, -0.05) is 49.0 Å². The SMILES string of the molecule is [C-]#[N+]c1c(N2CCC(NC(=O)C3(N)COC3)CC2)nc(SC(C(N)=O)c2ccccc2)c(C#N)c1CC. The number of hydrogen-bond donors (Lipinski definition) is 3. The van der Waals surface area contributed by atoms with Crippen LogP contribution in [0.2, 0.25) is 0 Å². The topological polar surface area (TPSA) is 152 Å². The number of pyridine rings is 1. The number of nitrogens with one attached hydrogen (secondary N) is 1. The molecule has 2 aliphatic rings. The third-order valence-electron chi connectivity index (χ3n) is 6.69. The van der Waals surface area contributed by atoms with Gasteiger partial charge in [0.15, 0.2) is 0 Å². The molecule has 0 bridgehead atoms. The molecule has 3 heterocycles. The lowest BCUT2D eigenvalue weighted by atomic mass is 9.96. The van der Waals surface area contributed by atoms with E-state index in [9.17, 15) is 14.9 Å². The van der Waals surface area contributed by atoms with Crippen molar-refractivity contribution in [2.75, 3.05) is 31.2 Å². The fourth-order valence-corrected chi connectivity index (χ4v) is 5.58. The van der Waals surface area contributed by atoms with Crippen molar-refractivity contribution in [1.29, 1.82) is 5.26 Å². The first-order valence-corrected chi connectivity index (χ1v) is 13.0. The van der Waals surface area contributed by atoms with Crippen LogP contribution < -0.4 is 21.7 Å². The van der Waals surface area contributed by atoms with Crippen LogP contribution in [0.5, 0.6) is 0 Å². The number of anilines is 1. The molecule has 1 atom stereocenters. The Bertz CT molecular complexity index is 1260. The number of nitriles is 1. The predicted molar refractivity (Wildman–Crippen MR) is 140 cm³/mol. The van der Waals surface area contributed by atoms with Gasteiger partial charge in [-0.15, -0.1) is 0 Å². The smallest absolute Gasteiger partial charge is 0.245 e. The number of nitrogens with zero attached hydrogens (tertiary/aromatic N) is 4. The van der Waals surface area contributed by atoms with Crippen molar-refractivity contribution < 1.29 is 14.3 Å². The van der Waals surface area contributed by atoms with Gasteiger partial charge in [-0.25, -0.2) is 9.83 Å². The molecule has 192 valence electrons. The Kier molecular flexibility index (Phi) is 7.98. The second-order valence-corrected chi connectivity index (χ2v) is 10.3. The Labute approximate surface area is 220 Å². The number of rotatable bonds is 8. The molecular weight excluding hydrogens is 490 g/mol. The standard InChI is InChI=1S/C26H29N7O3S/c1-3-18-19(13-27)24(37-21(22(28)34)16-7-5-4-6-8-16)32-23(20(18)30-2)33-11-9-17(10-12-33)31-25(35)26(29)14-36-15-26/h4-8,17,21H,3,9-12,14-15,29H2,1H3,(H2,28,34)(H,31,35). The molecule has 10 nitrogen and oxygen atoms in total. The number of amides is 2. The van der Waals surface area contributed by atoms with Gasteiger partial charge in [-0.3, -0.25) is 9.59 Å². The number of hydrogen-bond acceptors (Lipinski definition) is 8. The van der Waals surface area contributed by atoms with Gasteiger partial charge in [0.1, 0.15) is 27.7 Å². The number of carbonyl (C=O) groups is 2. The summed E-state index contributed by atoms with van der Waals surface area (Å²) in [6.45, 7) is 11.3. The van der Waals surface area contributed by atoms with Crippen LogP contribution in [0.4, 0.5) is 11.5 Å². The van der Waals surface area contributed by atoms with Crippen molar-refractivity contribution in [1.82, 2.24) is 10.3 Å². The van der Waals surface area contributed by atoms with Gasteiger partial charge >= 0.3 is 0 Å². The van der Waals surface area contributed by atoms with Crippen LogP contribution in [0.3, 0.4) is 0 Å². The Morgan fingerprint density at radius 2 is 2.03 bits per heavy atom. The number of thioether (sulfide) groups is 1. The zero-order valence-electron chi connectivity index (χ0n) is 20.6. The molecule has 2 fully saturated rings. The Balaban J connectivity index is 1.61. The fourth-order valence-electron chi connectivity index (χ4n) is 4.52. The summed E-state index contributed by atoms with van der Waals surface area (Å²) in [6.07, 6.45) is 1.77. The van der Waals surface area contributed by atoms with Crippen LogP contribution in [0.1, 0.15) is 41.7 Å². The maximum absolute atomic E-state index is 12.5. The average Bonchev–Trinajstić information content (AvgIpc) is 2.90. The van der Waals surface area contributed by atoms with Crippen molar-refractivity contribution >= 4 is 35.1 Å². The highest BCUT2D eigenvalue weighted by molar-refractivity contribution is 8.00. The molecule has 2 amide bonds. The molecule has 1 unspecified atom stereocenters. The van der Waals surface area contributed by atoms with Gasteiger partial charge in [0, 0.05) is 19.1 Å². The maximum Gasteiger partial charge on any atom is 0.245 e. The molecule has 0 saturated carbocycles. The number of ether oxygens (including phenoxy) is 1. The van der Waals surface area contributed by atoms with E-state index < -0.39 is 16.7 Å². The summed E-state index contributed by atoms with van der Waals surface area (Å²) in [5.74, 6) is -0.264. The predicted octanol–water partition coefficient (Wildman–Crippen LogP) is 2.20. The summed E-state index contributed by atoms with van der Waals surface area (Å²) in [5, 5.41) is 12.6. The van der Waals surface area contributed by atoms with E-state index in [1.165, 1.54) is 0 Å². The molecule has 0 spiro atoms. The van der Waals surface area contributed by atoms with Crippen LogP contribution in [0.25, 0.3) is 4.85 Å². The Morgan fingerprint density at radius 1 is 1.35 bits per heavy atom. The molecule has 0 radical (unpaired) electrons. The number of nitrogens with two attached hydrogens (primary N) is 2. The van der Waals surface area contributed by atoms with Crippen LogP contribution in [-0.2, 0) is 20.7 Å². The first-order valence-electron chi connectivity index (χ1n) is 12.1. The van der Waals surface area contributed by atoms with Crippen LogP contribution in [-0.4, -0.2) is 54.7 Å². The van der Waals surface area contributed by atoms with Gasteiger partial charge in [-0.2, -0.15) is 5.26 Å². The highest BCUT2D eigenvalue weighted by Gasteiger charge is 2.43. The van der Waals surface area contributed by atoms with E-state index in [0.717, 1.165) is 11.8 Å². The third-order valence-corrected chi connectivity index (χ3v) is 7.95. The number of carbonyl (C=O) groups excluding carboxylic acids is 2. The van der Waals surface area contributed by atoms with Gasteiger partial charge in [0.25, 0.3) is 0 Å². The molecule has 2 saturated heterocycles. The van der Waals surface area contributed by atoms with Crippen molar-refractivity contribution in [2.24, 2.45) is 11.5 Å². The molecule has 37 heavy (non-hydrogen) atoms. The average molecular weight is 520 g/mol. The normalized spacial score (nSPS) is 17.7. The van der Waals surface area contributed by atoms with Gasteiger partial charge in [-0.05, 0) is 30.4 Å². The highest BCUT2D eigenvalue weighted by atomic mass is 32.2. The summed E-state index contributed by atoms with van der Waals surface area (Å²) < 4.78 is 5.09. The monoisotopic (exact) mass is 519 g/mol. The lowest BCUT2D eigenvalue weighted by molar-refractivity contribution is -0.144. The number of aromatic nitrogens is 1. The number of primary amides is 1. The summed E-state index contributed by atoms with van der Waals surface area (Å²) in [5.41, 5.74) is 12.8. The first kappa shape index (κ1) is 26.4. The molecule has 11 heteroatoms. The van der Waals surface area contributed by atoms with E-state index in [1.807, 2.05) is 42.2 Å². The minimum absolute atomic E-state index is 0.0450. The van der Waals surface area contributed by atoms with E-state index in [4.69, 9.17) is 27.8 Å². The van der Waals surface area contributed by atoms with Gasteiger partial charge in [0.2, 0.25) is 17.5 Å². The molecule has 5 N–H and O–H groups in total. The van der Waals surface area contributed by atoms with E-state index in [0.29, 0.717) is 65.6 Å². The molecular formula is C26H29N7O3S. The maximum atomic E-state index is 12.5. The zero-order valence-corrected chi connectivity index (χ0v) is 21.4. The zero-order chi connectivity index (χ0) is 26.6. The van der Waals surface area contributed by atoms with E-state index in [-0.39, 0.29) is 25.2 Å². The van der Waals surface area contributed by atoms with Crippen LogP contribution in [0.15, 0.2) is 35.4 Å². The summed E-state index contributed by atoms with van der Waals surface area (Å²) in [6, 6.07) is 11.3. The van der Waals surface area contributed by atoms with Crippen molar-refractivity contribution in [2.45, 2.75) is 48.0 Å². The van der Waals surface area contributed by atoms with Crippen LogP contribution >= 0.6 is 11.8 Å². The molecule has 2 aromatic rings. The molecule has 4 rings (SSSR count). The largest absolute Gasteiger partial charge is 0.376 e. The molecule has 0 aliphatic carbocycles. The first-order chi connectivity index (χ1) is 17.8. The summed E-state index contributed by atoms with van der Waals surface area (Å²) in [7, 11) is 0. The van der Waals surface area contributed by atoms with E-state index in [1.54, 1.807) is 0 Å². The van der Waals surface area contributed by atoms with Gasteiger partial charge in [0.05, 0.1) is 25.3 Å². The lowest BCUT2D eigenvalue weighted by Crippen LogP contribution is -2.68. The van der Waals surface area contributed by atoms with Crippen LogP contribution in [0, 0.1) is 17.9 Å². The Hall–Kier alpha value is -3.64. The highest BCUT2D eigenvalue weighted by Crippen LogP contribution is 2.43. The summed E-state index contributed by atoms with van der Waals surface area (Å²) in [4.78, 5) is 35.4. The third kappa shape index (κ3) is 5.39. The molecule has 1 aromatic heterocycles. The Morgan fingerprint density at radius 3 is 2.54 bits per heavy atom. The summed E-state index contributed by atoms with van der Waals surface area (Å²) >= 11 is 1.13. The second kappa shape index (κ2) is 11.2. The fraction of sp³-hybridized carbons (Fsp3) is 0.423. The van der Waals surface area contributed by atoms with E-state index in [2.05, 4.69) is 16.2 Å². The van der Waals surface area contributed by atoms with E-state index >= 15 is 0 Å². The molecule has 2 aliphatic heterocycles. The lowest BCUT2D eigenvalue weighted by Gasteiger charge is -2.39. The number of benzene rings is 1. The van der Waals surface area contributed by atoms with Crippen molar-refractivity contribution in [3.05, 3.63) is 58.4 Å². The second-order valence-electron chi connectivity index (χ2n) is 9.21. The minimum atomic E-state index is -0.957. The van der Waals surface area contributed by atoms with Gasteiger partial charge < -0.3 is 26.4 Å². The van der Waals surface area contributed by atoms with Crippen molar-refractivity contribution in [3.8, 4) is 6.07 Å². The quantitative estimate of drug-likeness (QED) is 0.355. The molecule has 1 aromatic carbocycles. The minimum Gasteiger partial charge on any atom is -0.376 e. The van der Waals surface area contributed by atoms with Crippen molar-refractivity contribution in [3.63, 3.8) is 0 Å².